The van der Waals surface area contributed by atoms with E-state index < -0.39 is 0 Å². The quantitative estimate of drug-likeness (QED) is 0.694. The van der Waals surface area contributed by atoms with Crippen molar-refractivity contribution in [1.82, 2.24) is 0 Å². The molecular weight excluding hydrogens is 378 g/mol. The Bertz CT molecular complexity index is 958. The molecule has 0 saturated carbocycles. The van der Waals surface area contributed by atoms with E-state index in [2.05, 4.69) is 41.5 Å². The van der Waals surface area contributed by atoms with Crippen molar-refractivity contribution in [1.29, 1.82) is 0 Å². The lowest BCUT2D eigenvalue weighted by molar-refractivity contribution is -0.118. The van der Waals surface area contributed by atoms with Crippen molar-refractivity contribution in [2.75, 3.05) is 18.7 Å². The number of benzene rings is 2. The summed E-state index contributed by atoms with van der Waals surface area (Å²) in [4.78, 5) is 14.7. The third-order valence-corrected chi connectivity index (χ3v) is 5.14. The van der Waals surface area contributed by atoms with E-state index in [-0.39, 0.29) is 29.2 Å². The fraction of sp³-hybridized carbons (Fsp3) is 0.400. The highest BCUT2D eigenvalue weighted by Gasteiger charge is 2.31. The van der Waals surface area contributed by atoms with Crippen LogP contribution in [0.25, 0.3) is 6.08 Å². The van der Waals surface area contributed by atoms with Gasteiger partial charge in [-0.1, -0.05) is 53.7 Å². The number of aromatic hydroxyl groups is 1. The van der Waals surface area contributed by atoms with E-state index in [9.17, 15) is 9.90 Å². The molecule has 2 aromatic rings. The highest BCUT2D eigenvalue weighted by molar-refractivity contribution is 6.09. The van der Waals surface area contributed by atoms with Gasteiger partial charge < -0.3 is 14.6 Å². The molecule has 2 aromatic carbocycles. The Morgan fingerprint density at radius 2 is 1.60 bits per heavy atom. The standard InChI is InChI=1S/C25H31NO4/c1-24(2,3)17-12-16(13-18(22(17)27)25(4,5)6)14-21-23(28)26(15-29-7)19-10-8-9-11-20(19)30-21/h8-14,27H,15H2,1-7H3. The fourth-order valence-electron chi connectivity index (χ4n) is 3.55. The number of para-hydroxylation sites is 2. The molecule has 5 heteroatoms. The molecule has 1 heterocycles. The van der Waals surface area contributed by atoms with Gasteiger partial charge in [-0.25, -0.2) is 0 Å². The van der Waals surface area contributed by atoms with Crippen LogP contribution in [0.1, 0.15) is 58.2 Å². The number of fused-ring (bicyclic) bond motifs is 1. The molecule has 0 radical (unpaired) electrons. The van der Waals surface area contributed by atoms with Gasteiger partial charge in [0, 0.05) is 18.2 Å². The van der Waals surface area contributed by atoms with Gasteiger partial charge in [-0.2, -0.15) is 0 Å². The molecule has 30 heavy (non-hydrogen) atoms. The van der Waals surface area contributed by atoms with Crippen LogP contribution < -0.4 is 9.64 Å². The van der Waals surface area contributed by atoms with Gasteiger partial charge in [0.2, 0.25) is 0 Å². The molecule has 160 valence electrons. The summed E-state index contributed by atoms with van der Waals surface area (Å²) in [6.45, 7) is 12.5. The lowest BCUT2D eigenvalue weighted by Crippen LogP contribution is -2.38. The normalized spacial score (nSPS) is 15.9. The number of ether oxygens (including phenoxy) is 2. The lowest BCUT2D eigenvalue weighted by Gasteiger charge is -2.30. The number of phenolic OH excluding ortho intramolecular Hbond substituents is 1. The number of carbonyl (C=O) groups is 1. The zero-order chi connectivity index (χ0) is 22.3. The van der Waals surface area contributed by atoms with Crippen molar-refractivity contribution >= 4 is 17.7 Å². The number of rotatable bonds is 3. The minimum Gasteiger partial charge on any atom is -0.507 e. The van der Waals surface area contributed by atoms with Crippen molar-refractivity contribution < 1.29 is 19.4 Å². The van der Waals surface area contributed by atoms with E-state index >= 15 is 0 Å². The molecule has 3 rings (SSSR count). The van der Waals surface area contributed by atoms with Crippen molar-refractivity contribution in [3.63, 3.8) is 0 Å². The van der Waals surface area contributed by atoms with Crippen LogP contribution in [0.4, 0.5) is 5.69 Å². The van der Waals surface area contributed by atoms with Gasteiger partial charge in [0.05, 0.1) is 5.69 Å². The summed E-state index contributed by atoms with van der Waals surface area (Å²) in [6.07, 6.45) is 1.74. The number of amides is 1. The second-order valence-corrected chi connectivity index (χ2v) is 9.69. The van der Waals surface area contributed by atoms with Gasteiger partial charge in [0.25, 0.3) is 5.91 Å². The summed E-state index contributed by atoms with van der Waals surface area (Å²) in [5.41, 5.74) is 2.63. The number of hydrogen-bond donors (Lipinski definition) is 1. The van der Waals surface area contributed by atoms with E-state index in [1.807, 2.05) is 36.4 Å². The van der Waals surface area contributed by atoms with Crippen LogP contribution >= 0.6 is 0 Å². The Balaban J connectivity index is 2.16. The van der Waals surface area contributed by atoms with E-state index in [1.165, 1.54) is 0 Å². The van der Waals surface area contributed by atoms with E-state index in [0.717, 1.165) is 16.7 Å². The molecule has 0 saturated heterocycles. The van der Waals surface area contributed by atoms with Gasteiger partial charge in [-0.15, -0.1) is 0 Å². The average molecular weight is 410 g/mol. The van der Waals surface area contributed by atoms with Crippen molar-refractivity contribution in [2.24, 2.45) is 0 Å². The van der Waals surface area contributed by atoms with Crippen LogP contribution in [0.5, 0.6) is 11.5 Å². The van der Waals surface area contributed by atoms with Crippen LogP contribution in [0.2, 0.25) is 0 Å². The van der Waals surface area contributed by atoms with Crippen LogP contribution in [0.3, 0.4) is 0 Å². The molecule has 1 amide bonds. The van der Waals surface area contributed by atoms with Gasteiger partial charge in [0.15, 0.2) is 11.5 Å². The second kappa shape index (κ2) is 7.80. The second-order valence-electron chi connectivity index (χ2n) is 9.69. The monoisotopic (exact) mass is 409 g/mol. The third-order valence-electron chi connectivity index (χ3n) is 5.14. The van der Waals surface area contributed by atoms with Gasteiger partial charge in [-0.3, -0.25) is 9.69 Å². The van der Waals surface area contributed by atoms with Gasteiger partial charge in [-0.05, 0) is 46.7 Å². The smallest absolute Gasteiger partial charge is 0.296 e. The summed E-state index contributed by atoms with van der Waals surface area (Å²) in [5.74, 6) is 0.861. The average Bonchev–Trinajstić information content (AvgIpc) is 2.64. The van der Waals surface area contributed by atoms with Crippen molar-refractivity contribution in [2.45, 2.75) is 52.4 Å². The Morgan fingerprint density at radius 1 is 1.03 bits per heavy atom. The molecule has 0 aliphatic carbocycles. The first-order valence-electron chi connectivity index (χ1n) is 10.1. The summed E-state index contributed by atoms with van der Waals surface area (Å²) >= 11 is 0. The first kappa shape index (κ1) is 21.9. The number of phenols is 1. The molecular formula is C25H31NO4. The summed E-state index contributed by atoms with van der Waals surface area (Å²) in [7, 11) is 1.56. The predicted octanol–water partition coefficient (Wildman–Crippen LogP) is 5.36. The van der Waals surface area contributed by atoms with E-state index in [1.54, 1.807) is 18.1 Å². The number of anilines is 1. The molecule has 0 spiro atoms. The van der Waals surface area contributed by atoms with Crippen LogP contribution in [-0.2, 0) is 20.4 Å². The van der Waals surface area contributed by atoms with Gasteiger partial charge in [0.1, 0.15) is 12.5 Å². The molecule has 1 aliphatic heterocycles. The van der Waals surface area contributed by atoms with Gasteiger partial charge >= 0.3 is 0 Å². The minimum atomic E-state index is -0.266. The first-order valence-corrected chi connectivity index (χ1v) is 10.1. The third kappa shape index (κ3) is 4.21. The lowest BCUT2D eigenvalue weighted by atomic mass is 9.78. The van der Waals surface area contributed by atoms with E-state index in [4.69, 9.17) is 9.47 Å². The first-order chi connectivity index (χ1) is 13.9. The molecule has 5 nitrogen and oxygen atoms in total. The van der Waals surface area contributed by atoms with Crippen LogP contribution in [0.15, 0.2) is 42.2 Å². The molecule has 0 bridgehead atoms. The predicted molar refractivity (Wildman–Crippen MR) is 120 cm³/mol. The number of methoxy groups -OCH3 is 1. The summed E-state index contributed by atoms with van der Waals surface area (Å²) < 4.78 is 11.2. The number of hydrogen-bond acceptors (Lipinski definition) is 4. The maximum Gasteiger partial charge on any atom is 0.296 e. The Kier molecular flexibility index (Phi) is 5.70. The highest BCUT2D eigenvalue weighted by atomic mass is 16.5. The molecule has 0 aromatic heterocycles. The van der Waals surface area contributed by atoms with Crippen molar-refractivity contribution in [3.05, 3.63) is 58.8 Å². The Labute approximate surface area is 178 Å². The zero-order valence-corrected chi connectivity index (χ0v) is 18.9. The number of carbonyl (C=O) groups excluding carboxylic acids is 1. The Morgan fingerprint density at radius 3 is 2.13 bits per heavy atom. The molecule has 1 aliphatic rings. The van der Waals surface area contributed by atoms with Crippen LogP contribution in [0, 0.1) is 0 Å². The largest absolute Gasteiger partial charge is 0.507 e. The highest BCUT2D eigenvalue weighted by Crippen LogP contribution is 2.41. The number of nitrogens with zero attached hydrogens (tertiary/aromatic N) is 1. The summed E-state index contributed by atoms with van der Waals surface area (Å²) in [5, 5.41) is 10.9. The molecule has 0 fully saturated rings. The maximum atomic E-state index is 13.1. The molecule has 1 N–H and O–H groups in total. The van der Waals surface area contributed by atoms with Crippen LogP contribution in [-0.4, -0.2) is 24.9 Å². The molecule has 0 atom stereocenters. The zero-order valence-electron chi connectivity index (χ0n) is 18.9. The Hall–Kier alpha value is -2.79. The fourth-order valence-corrected chi connectivity index (χ4v) is 3.55. The van der Waals surface area contributed by atoms with Crippen molar-refractivity contribution in [3.8, 4) is 11.5 Å². The SMILES string of the molecule is COCN1C(=O)C(=Cc2cc(C(C)(C)C)c(O)c(C(C)(C)C)c2)Oc2ccccc21. The minimum absolute atomic E-state index is 0.132. The topological polar surface area (TPSA) is 59.0 Å². The summed E-state index contributed by atoms with van der Waals surface area (Å²) in [6, 6.07) is 11.2. The maximum absolute atomic E-state index is 13.1. The molecule has 0 unspecified atom stereocenters. The van der Waals surface area contributed by atoms with E-state index in [0.29, 0.717) is 17.2 Å².